The average Bonchev–Trinajstić information content (AvgIpc) is 2.05. The van der Waals surface area contributed by atoms with E-state index in [0.717, 1.165) is 6.42 Å². The second-order valence-corrected chi connectivity index (χ2v) is 4.91. The molecule has 0 aliphatic heterocycles. The van der Waals surface area contributed by atoms with Crippen molar-refractivity contribution < 1.29 is 0 Å². The van der Waals surface area contributed by atoms with E-state index in [2.05, 4.69) is 45.0 Å². The summed E-state index contributed by atoms with van der Waals surface area (Å²) >= 11 is 6.33. The molecule has 0 nitrogen and oxygen atoms in total. The third kappa shape index (κ3) is 2.73. The van der Waals surface area contributed by atoms with Gasteiger partial charge in [-0.05, 0) is 25.8 Å². The van der Waals surface area contributed by atoms with Crippen LogP contribution in [0.3, 0.4) is 0 Å². The molecule has 0 heterocycles. The molecule has 0 fully saturated rings. The van der Waals surface area contributed by atoms with Crippen LogP contribution < -0.4 is 0 Å². The Bertz CT molecular complexity index is 246. The molecule has 13 heavy (non-hydrogen) atoms. The molecule has 0 aromatic heterocycles. The molecule has 0 N–H and O–H groups in total. The number of alkyl halides is 1. The number of halogens is 1. The summed E-state index contributed by atoms with van der Waals surface area (Å²) in [6.07, 6.45) is 1.08. The van der Waals surface area contributed by atoms with Gasteiger partial charge in [-0.15, -0.1) is 11.6 Å². The van der Waals surface area contributed by atoms with Crippen molar-refractivity contribution in [3.63, 3.8) is 0 Å². The zero-order valence-electron chi connectivity index (χ0n) is 8.55. The van der Waals surface area contributed by atoms with E-state index in [-0.39, 0.29) is 4.87 Å². The molecular weight excluding hydrogens is 180 g/mol. The van der Waals surface area contributed by atoms with Gasteiger partial charge in [0.2, 0.25) is 0 Å². The van der Waals surface area contributed by atoms with Gasteiger partial charge in [-0.3, -0.25) is 0 Å². The second kappa shape index (κ2) is 4.15. The van der Waals surface area contributed by atoms with Crippen LogP contribution in [-0.4, -0.2) is 4.87 Å². The maximum Gasteiger partial charge on any atom is 0.0458 e. The highest BCUT2D eigenvalue weighted by molar-refractivity contribution is 6.24. The standard InChI is InChI=1S/C12H17Cl/c1-4-11(12(2,3)13)10-8-6-5-7-9-10/h5-9,11H,4H2,1-3H3. The van der Waals surface area contributed by atoms with Gasteiger partial charge in [-0.25, -0.2) is 0 Å². The summed E-state index contributed by atoms with van der Waals surface area (Å²) in [6, 6.07) is 10.5. The van der Waals surface area contributed by atoms with Gasteiger partial charge >= 0.3 is 0 Å². The number of hydrogen-bond acceptors (Lipinski definition) is 0. The molecule has 0 amide bonds. The Kier molecular flexibility index (Phi) is 3.38. The fraction of sp³-hybridized carbons (Fsp3) is 0.500. The third-order valence-corrected chi connectivity index (χ3v) is 2.70. The summed E-state index contributed by atoms with van der Waals surface area (Å²) in [5.74, 6) is 0.440. The molecule has 0 bridgehead atoms. The van der Waals surface area contributed by atoms with Crippen LogP contribution in [0, 0.1) is 0 Å². The van der Waals surface area contributed by atoms with E-state index in [9.17, 15) is 0 Å². The van der Waals surface area contributed by atoms with Gasteiger partial charge < -0.3 is 0 Å². The molecule has 72 valence electrons. The predicted molar refractivity (Wildman–Crippen MR) is 59.4 cm³/mol. The van der Waals surface area contributed by atoms with Crippen molar-refractivity contribution in [2.24, 2.45) is 0 Å². The molecular formula is C12H17Cl. The van der Waals surface area contributed by atoms with E-state index in [0.29, 0.717) is 5.92 Å². The largest absolute Gasteiger partial charge is 0.119 e. The fourth-order valence-corrected chi connectivity index (χ4v) is 2.08. The Morgan fingerprint density at radius 1 is 1.23 bits per heavy atom. The topological polar surface area (TPSA) is 0 Å². The van der Waals surface area contributed by atoms with Gasteiger partial charge in [0, 0.05) is 10.8 Å². The average molecular weight is 197 g/mol. The van der Waals surface area contributed by atoms with Crippen molar-refractivity contribution in [2.45, 2.75) is 38.0 Å². The molecule has 1 atom stereocenters. The minimum absolute atomic E-state index is 0.157. The van der Waals surface area contributed by atoms with Crippen molar-refractivity contribution in [3.8, 4) is 0 Å². The van der Waals surface area contributed by atoms with Crippen molar-refractivity contribution in [1.29, 1.82) is 0 Å². The van der Waals surface area contributed by atoms with Crippen molar-refractivity contribution in [3.05, 3.63) is 35.9 Å². The summed E-state index contributed by atoms with van der Waals surface area (Å²) in [5, 5.41) is 0. The lowest BCUT2D eigenvalue weighted by atomic mass is 9.86. The Hall–Kier alpha value is -0.490. The highest BCUT2D eigenvalue weighted by Crippen LogP contribution is 2.35. The lowest BCUT2D eigenvalue weighted by Crippen LogP contribution is -2.21. The maximum atomic E-state index is 6.33. The van der Waals surface area contributed by atoms with E-state index in [1.165, 1.54) is 5.56 Å². The first kappa shape index (κ1) is 10.6. The van der Waals surface area contributed by atoms with E-state index in [1.807, 2.05) is 6.07 Å². The normalized spacial score (nSPS) is 14.2. The van der Waals surface area contributed by atoms with Gasteiger partial charge in [-0.1, -0.05) is 37.3 Å². The first-order valence-electron chi connectivity index (χ1n) is 4.79. The van der Waals surface area contributed by atoms with Crippen LogP contribution in [0.25, 0.3) is 0 Å². The summed E-state index contributed by atoms with van der Waals surface area (Å²) in [4.78, 5) is -0.157. The fourth-order valence-electron chi connectivity index (χ4n) is 1.80. The van der Waals surface area contributed by atoms with Crippen molar-refractivity contribution in [2.75, 3.05) is 0 Å². The molecule has 1 aromatic rings. The Balaban J connectivity index is 2.92. The second-order valence-electron chi connectivity index (χ2n) is 3.94. The molecule has 1 rings (SSSR count). The van der Waals surface area contributed by atoms with Gasteiger partial charge in [0.25, 0.3) is 0 Å². The zero-order chi connectivity index (χ0) is 9.90. The van der Waals surface area contributed by atoms with E-state index in [4.69, 9.17) is 11.6 Å². The molecule has 1 heteroatoms. The minimum atomic E-state index is -0.157. The summed E-state index contributed by atoms with van der Waals surface area (Å²) in [7, 11) is 0. The van der Waals surface area contributed by atoms with E-state index < -0.39 is 0 Å². The molecule has 1 unspecified atom stereocenters. The summed E-state index contributed by atoms with van der Waals surface area (Å²) in [6.45, 7) is 6.34. The predicted octanol–water partition coefficient (Wildman–Crippen LogP) is 4.20. The Labute approximate surface area is 85.9 Å². The first-order chi connectivity index (χ1) is 6.05. The number of rotatable bonds is 3. The molecule has 0 saturated carbocycles. The molecule has 1 aromatic carbocycles. The third-order valence-electron chi connectivity index (χ3n) is 2.44. The van der Waals surface area contributed by atoms with E-state index >= 15 is 0 Å². The molecule has 0 spiro atoms. The van der Waals surface area contributed by atoms with Gasteiger partial charge in [0.05, 0.1) is 0 Å². The summed E-state index contributed by atoms with van der Waals surface area (Å²) < 4.78 is 0. The quantitative estimate of drug-likeness (QED) is 0.636. The van der Waals surface area contributed by atoms with Crippen LogP contribution in [0.15, 0.2) is 30.3 Å². The SMILES string of the molecule is CCC(c1ccccc1)C(C)(C)Cl. The molecule has 0 aliphatic rings. The van der Waals surface area contributed by atoms with E-state index in [1.54, 1.807) is 0 Å². The van der Waals surface area contributed by atoms with Crippen LogP contribution in [0.4, 0.5) is 0 Å². The Morgan fingerprint density at radius 3 is 2.15 bits per heavy atom. The zero-order valence-corrected chi connectivity index (χ0v) is 9.31. The van der Waals surface area contributed by atoms with Crippen molar-refractivity contribution in [1.82, 2.24) is 0 Å². The number of benzene rings is 1. The van der Waals surface area contributed by atoms with Gasteiger partial charge in [-0.2, -0.15) is 0 Å². The minimum Gasteiger partial charge on any atom is -0.119 e. The van der Waals surface area contributed by atoms with Gasteiger partial charge in [0.15, 0.2) is 0 Å². The van der Waals surface area contributed by atoms with Crippen molar-refractivity contribution >= 4 is 11.6 Å². The number of hydrogen-bond donors (Lipinski definition) is 0. The summed E-state index contributed by atoms with van der Waals surface area (Å²) in [5.41, 5.74) is 1.34. The maximum absolute atomic E-state index is 6.33. The lowest BCUT2D eigenvalue weighted by molar-refractivity contribution is 0.520. The molecule has 0 saturated heterocycles. The van der Waals surface area contributed by atoms with Crippen LogP contribution in [-0.2, 0) is 0 Å². The highest BCUT2D eigenvalue weighted by Gasteiger charge is 2.26. The van der Waals surface area contributed by atoms with Crippen LogP contribution in [0.2, 0.25) is 0 Å². The van der Waals surface area contributed by atoms with Gasteiger partial charge in [0.1, 0.15) is 0 Å². The Morgan fingerprint density at radius 2 is 1.77 bits per heavy atom. The first-order valence-corrected chi connectivity index (χ1v) is 5.17. The highest BCUT2D eigenvalue weighted by atomic mass is 35.5. The monoisotopic (exact) mass is 196 g/mol. The molecule has 0 aliphatic carbocycles. The van der Waals surface area contributed by atoms with Crippen LogP contribution >= 0.6 is 11.6 Å². The lowest BCUT2D eigenvalue weighted by Gasteiger charge is -2.27. The van der Waals surface area contributed by atoms with Crippen LogP contribution in [0.5, 0.6) is 0 Å². The molecule has 0 radical (unpaired) electrons. The van der Waals surface area contributed by atoms with Crippen LogP contribution in [0.1, 0.15) is 38.7 Å². The smallest absolute Gasteiger partial charge is 0.0458 e.